The average molecular weight is 275 g/mol. The van der Waals surface area contributed by atoms with Crippen LogP contribution in [0.25, 0.3) is 10.6 Å². The van der Waals surface area contributed by atoms with Gasteiger partial charge < -0.3 is 5.11 Å². The van der Waals surface area contributed by atoms with Crippen LogP contribution in [0.5, 0.6) is 0 Å². The first-order valence-corrected chi connectivity index (χ1v) is 6.97. The Morgan fingerprint density at radius 3 is 2.32 bits per heavy atom. The summed E-state index contributed by atoms with van der Waals surface area (Å²) < 4.78 is 0. The summed E-state index contributed by atoms with van der Waals surface area (Å²) in [6, 6.07) is 6.26. The molecular weight excluding hydrogens is 258 g/mol. The van der Waals surface area contributed by atoms with E-state index in [0.717, 1.165) is 10.6 Å². The second-order valence-corrected chi connectivity index (χ2v) is 6.20. The van der Waals surface area contributed by atoms with E-state index in [0.29, 0.717) is 5.69 Å². The third kappa shape index (κ3) is 2.68. The Kier molecular flexibility index (Phi) is 3.45. The lowest BCUT2D eigenvalue weighted by Crippen LogP contribution is -2.28. The van der Waals surface area contributed by atoms with Crippen LogP contribution < -0.4 is 0 Å². The number of carboxylic acid groups (broad SMARTS) is 1. The Bertz CT molecular complexity index is 609. The van der Waals surface area contributed by atoms with Crippen LogP contribution in [0.4, 0.5) is 0 Å². The van der Waals surface area contributed by atoms with Crippen LogP contribution >= 0.6 is 11.3 Å². The molecule has 0 spiro atoms. The van der Waals surface area contributed by atoms with E-state index < -0.39 is 11.4 Å². The van der Waals surface area contributed by atoms with E-state index >= 15 is 0 Å². The summed E-state index contributed by atoms with van der Waals surface area (Å²) in [5.74, 6) is -0.857. The van der Waals surface area contributed by atoms with Gasteiger partial charge in [-0.2, -0.15) is 0 Å². The van der Waals surface area contributed by atoms with Gasteiger partial charge in [0.2, 0.25) is 0 Å². The normalized spacial score (nSPS) is 11.6. The average Bonchev–Trinajstić information content (AvgIpc) is 2.76. The van der Waals surface area contributed by atoms with Gasteiger partial charge in [0.05, 0.1) is 5.69 Å². The van der Waals surface area contributed by atoms with Gasteiger partial charge in [0.25, 0.3) is 0 Å². The molecule has 0 aliphatic rings. The lowest BCUT2D eigenvalue weighted by atomic mass is 9.90. The summed E-state index contributed by atoms with van der Waals surface area (Å²) in [5.41, 5.74) is 3.08. The predicted octanol–water partition coefficient (Wildman–Crippen LogP) is 3.79. The van der Waals surface area contributed by atoms with Gasteiger partial charge in [-0.15, -0.1) is 11.3 Å². The highest BCUT2D eigenvalue weighted by Crippen LogP contribution is 2.31. The number of nitrogens with zero attached hydrogens (tertiary/aromatic N) is 1. The Balaban J connectivity index is 2.44. The van der Waals surface area contributed by atoms with Crippen molar-refractivity contribution in [1.82, 2.24) is 4.98 Å². The van der Waals surface area contributed by atoms with Crippen molar-refractivity contribution < 1.29 is 9.90 Å². The van der Waals surface area contributed by atoms with Crippen LogP contribution in [-0.4, -0.2) is 16.1 Å². The van der Waals surface area contributed by atoms with Gasteiger partial charge in [-0.25, -0.2) is 4.98 Å². The van der Waals surface area contributed by atoms with Crippen molar-refractivity contribution in [3.63, 3.8) is 0 Å². The maximum atomic E-state index is 11.2. The summed E-state index contributed by atoms with van der Waals surface area (Å²) in [4.78, 5) is 15.7. The van der Waals surface area contributed by atoms with Crippen LogP contribution in [0.3, 0.4) is 0 Å². The number of aliphatic carboxylic acids is 1. The highest BCUT2D eigenvalue weighted by Gasteiger charge is 2.32. The molecule has 0 radical (unpaired) electrons. The fourth-order valence-electron chi connectivity index (χ4n) is 1.90. The van der Waals surface area contributed by atoms with E-state index in [-0.39, 0.29) is 0 Å². The largest absolute Gasteiger partial charge is 0.481 e. The summed E-state index contributed by atoms with van der Waals surface area (Å²) in [6.07, 6.45) is 0. The maximum Gasteiger partial charge on any atom is 0.315 e. The summed E-state index contributed by atoms with van der Waals surface area (Å²) in [7, 11) is 0. The van der Waals surface area contributed by atoms with Gasteiger partial charge >= 0.3 is 5.97 Å². The molecule has 1 aromatic carbocycles. The summed E-state index contributed by atoms with van der Waals surface area (Å²) >= 11 is 1.49. The molecule has 19 heavy (non-hydrogen) atoms. The molecule has 2 rings (SSSR count). The van der Waals surface area contributed by atoms with E-state index in [1.807, 2.05) is 19.2 Å². The lowest BCUT2D eigenvalue weighted by molar-refractivity contribution is -0.142. The maximum absolute atomic E-state index is 11.2. The minimum absolute atomic E-state index is 0.610. The molecule has 0 bridgehead atoms. The van der Waals surface area contributed by atoms with Gasteiger partial charge in [-0.05, 0) is 39.8 Å². The number of aryl methyl sites for hydroxylation is 2. The molecule has 0 saturated carbocycles. The van der Waals surface area contributed by atoms with Gasteiger partial charge in [0, 0.05) is 10.9 Å². The summed E-state index contributed by atoms with van der Waals surface area (Å²) in [6.45, 7) is 7.45. The van der Waals surface area contributed by atoms with Crippen molar-refractivity contribution >= 4 is 17.3 Å². The number of carbonyl (C=O) groups is 1. The fraction of sp³-hybridized carbons (Fsp3) is 0.333. The van der Waals surface area contributed by atoms with Crippen molar-refractivity contribution in [3.8, 4) is 10.6 Å². The topological polar surface area (TPSA) is 50.2 Å². The lowest BCUT2D eigenvalue weighted by Gasteiger charge is -2.15. The van der Waals surface area contributed by atoms with Crippen LogP contribution in [0, 0.1) is 13.8 Å². The quantitative estimate of drug-likeness (QED) is 0.927. The minimum atomic E-state index is -0.951. The van der Waals surface area contributed by atoms with Crippen LogP contribution in [-0.2, 0) is 10.2 Å². The van der Waals surface area contributed by atoms with E-state index in [4.69, 9.17) is 0 Å². The van der Waals surface area contributed by atoms with Crippen LogP contribution in [0.2, 0.25) is 0 Å². The number of hydrogen-bond acceptors (Lipinski definition) is 3. The number of rotatable bonds is 3. The molecule has 0 unspecified atom stereocenters. The molecular formula is C15H17NO2S. The smallest absolute Gasteiger partial charge is 0.315 e. The Morgan fingerprint density at radius 1 is 1.21 bits per heavy atom. The molecule has 1 N–H and O–H groups in total. The van der Waals surface area contributed by atoms with Crippen molar-refractivity contribution in [2.75, 3.05) is 0 Å². The Morgan fingerprint density at radius 2 is 1.79 bits per heavy atom. The van der Waals surface area contributed by atoms with Gasteiger partial charge in [-0.3, -0.25) is 4.79 Å². The van der Waals surface area contributed by atoms with E-state index in [9.17, 15) is 9.90 Å². The highest BCUT2D eigenvalue weighted by atomic mass is 32.1. The molecule has 4 heteroatoms. The zero-order chi connectivity index (χ0) is 14.2. The molecule has 1 heterocycles. The van der Waals surface area contributed by atoms with E-state index in [2.05, 4.69) is 23.2 Å². The highest BCUT2D eigenvalue weighted by molar-refractivity contribution is 7.13. The minimum Gasteiger partial charge on any atom is -0.481 e. The molecule has 100 valence electrons. The molecule has 0 atom stereocenters. The first-order chi connectivity index (χ1) is 8.80. The zero-order valence-electron chi connectivity index (χ0n) is 11.5. The number of benzene rings is 1. The molecule has 0 saturated heterocycles. The number of aromatic nitrogens is 1. The van der Waals surface area contributed by atoms with Crippen molar-refractivity contribution in [2.24, 2.45) is 0 Å². The Labute approximate surface area is 116 Å². The van der Waals surface area contributed by atoms with Crippen molar-refractivity contribution in [1.29, 1.82) is 0 Å². The molecule has 0 aliphatic heterocycles. The molecule has 0 aliphatic carbocycles. The monoisotopic (exact) mass is 275 g/mol. The Hall–Kier alpha value is -1.68. The number of thiazole rings is 1. The van der Waals surface area contributed by atoms with Crippen molar-refractivity contribution in [3.05, 3.63) is 40.4 Å². The van der Waals surface area contributed by atoms with Crippen LogP contribution in [0.15, 0.2) is 23.6 Å². The van der Waals surface area contributed by atoms with Crippen molar-refractivity contribution in [2.45, 2.75) is 33.1 Å². The van der Waals surface area contributed by atoms with Crippen LogP contribution in [0.1, 0.15) is 30.7 Å². The molecule has 3 nitrogen and oxygen atoms in total. The molecule has 2 aromatic rings. The molecule has 1 aromatic heterocycles. The first-order valence-electron chi connectivity index (χ1n) is 6.09. The first kappa shape index (κ1) is 13.7. The van der Waals surface area contributed by atoms with Gasteiger partial charge in [0.15, 0.2) is 0 Å². The van der Waals surface area contributed by atoms with E-state index in [1.54, 1.807) is 13.8 Å². The van der Waals surface area contributed by atoms with Gasteiger partial charge in [0.1, 0.15) is 10.4 Å². The number of hydrogen-bond donors (Lipinski definition) is 1. The number of carboxylic acids is 1. The molecule has 0 fully saturated rings. The van der Waals surface area contributed by atoms with E-state index in [1.165, 1.54) is 22.5 Å². The standard InChI is InChI=1S/C15H17NO2S/c1-9-5-10(2)7-11(6-9)13-16-12(8-19-13)15(3,4)14(17)18/h5-8H,1-4H3,(H,17,18). The van der Waals surface area contributed by atoms with Gasteiger partial charge in [-0.1, -0.05) is 17.2 Å². The third-order valence-corrected chi connectivity index (χ3v) is 4.04. The second-order valence-electron chi connectivity index (χ2n) is 5.34. The second kappa shape index (κ2) is 4.78. The zero-order valence-corrected chi connectivity index (χ0v) is 12.3. The summed E-state index contributed by atoms with van der Waals surface area (Å²) in [5, 5.41) is 11.9. The fourth-order valence-corrected chi connectivity index (χ4v) is 2.88. The SMILES string of the molecule is Cc1cc(C)cc(-c2nc(C(C)(C)C(=O)O)cs2)c1. The molecule has 0 amide bonds. The predicted molar refractivity (Wildman–Crippen MR) is 77.7 cm³/mol. The third-order valence-electron chi connectivity index (χ3n) is 3.15.